The fourth-order valence-corrected chi connectivity index (χ4v) is 2.89. The molecule has 0 aliphatic carbocycles. The third kappa shape index (κ3) is 2.91. The summed E-state index contributed by atoms with van der Waals surface area (Å²) in [7, 11) is 0. The number of nitrogens with zero attached hydrogens (tertiary/aromatic N) is 3. The second-order valence-electron chi connectivity index (χ2n) is 7.02. The molecule has 1 unspecified atom stereocenters. The minimum Gasteiger partial charge on any atom is -0.337 e. The summed E-state index contributed by atoms with van der Waals surface area (Å²) in [6.07, 6.45) is 3.85. The van der Waals surface area contributed by atoms with Crippen molar-refractivity contribution in [1.82, 2.24) is 25.3 Å². The number of aromatic nitrogens is 4. The quantitative estimate of drug-likeness (QED) is 0.894. The largest absolute Gasteiger partial charge is 0.337 e. The van der Waals surface area contributed by atoms with Crippen molar-refractivity contribution in [3.05, 3.63) is 35.4 Å². The van der Waals surface area contributed by atoms with Crippen LogP contribution < -0.4 is 0 Å². The van der Waals surface area contributed by atoms with Gasteiger partial charge in [0.2, 0.25) is 0 Å². The number of H-pyrrole nitrogens is 2. The molecule has 2 aromatic rings. The van der Waals surface area contributed by atoms with Gasteiger partial charge in [-0.2, -0.15) is 10.2 Å². The summed E-state index contributed by atoms with van der Waals surface area (Å²) in [5.74, 6) is 0.345. The molecule has 22 heavy (non-hydrogen) atoms. The molecule has 0 radical (unpaired) electrons. The van der Waals surface area contributed by atoms with Crippen molar-refractivity contribution in [2.45, 2.75) is 44.9 Å². The van der Waals surface area contributed by atoms with E-state index < -0.39 is 0 Å². The average molecular weight is 301 g/mol. The molecule has 2 aromatic heterocycles. The van der Waals surface area contributed by atoms with E-state index in [1.165, 1.54) is 0 Å². The van der Waals surface area contributed by atoms with E-state index in [1.54, 1.807) is 6.20 Å². The Bertz CT molecular complexity index is 638. The number of piperidine rings is 1. The molecule has 3 heterocycles. The monoisotopic (exact) mass is 301 g/mol. The summed E-state index contributed by atoms with van der Waals surface area (Å²) in [6.45, 7) is 7.82. The van der Waals surface area contributed by atoms with Gasteiger partial charge in [0, 0.05) is 42.0 Å². The van der Waals surface area contributed by atoms with E-state index in [0.717, 1.165) is 37.3 Å². The van der Waals surface area contributed by atoms with Crippen LogP contribution in [0.5, 0.6) is 0 Å². The fraction of sp³-hybridized carbons (Fsp3) is 0.562. The molecule has 118 valence electrons. The first-order valence-electron chi connectivity index (χ1n) is 7.79. The zero-order chi connectivity index (χ0) is 15.7. The van der Waals surface area contributed by atoms with Crippen molar-refractivity contribution in [2.75, 3.05) is 13.1 Å². The Labute approximate surface area is 130 Å². The maximum atomic E-state index is 12.7. The Balaban J connectivity index is 1.73. The van der Waals surface area contributed by atoms with Crippen LogP contribution in [-0.2, 0) is 5.41 Å². The normalized spacial score (nSPS) is 19.4. The van der Waals surface area contributed by atoms with Gasteiger partial charge in [0.05, 0.1) is 0 Å². The van der Waals surface area contributed by atoms with Crippen molar-refractivity contribution in [2.24, 2.45) is 0 Å². The molecule has 1 aliphatic heterocycles. The van der Waals surface area contributed by atoms with E-state index in [0.29, 0.717) is 11.6 Å². The number of aromatic amines is 2. The Morgan fingerprint density at radius 1 is 1.36 bits per heavy atom. The third-order valence-electron chi connectivity index (χ3n) is 4.28. The van der Waals surface area contributed by atoms with E-state index in [-0.39, 0.29) is 11.3 Å². The summed E-state index contributed by atoms with van der Waals surface area (Å²) in [5, 5.41) is 14.2. The van der Waals surface area contributed by atoms with Gasteiger partial charge in [0.25, 0.3) is 5.91 Å². The molecule has 0 aromatic carbocycles. The van der Waals surface area contributed by atoms with Gasteiger partial charge in [0.15, 0.2) is 0 Å². The predicted molar refractivity (Wildman–Crippen MR) is 83.8 cm³/mol. The molecule has 1 aliphatic rings. The van der Waals surface area contributed by atoms with Gasteiger partial charge in [-0.1, -0.05) is 20.8 Å². The first-order chi connectivity index (χ1) is 10.4. The first-order valence-corrected chi connectivity index (χ1v) is 7.79. The number of hydrogen-bond donors (Lipinski definition) is 2. The molecule has 6 nitrogen and oxygen atoms in total. The lowest BCUT2D eigenvalue weighted by atomic mass is 9.92. The standard InChI is InChI=1S/C16H23N5O/c1-16(2,3)14-9-13(19-20-14)15(22)21-8-4-5-11(10-21)12-6-7-17-18-12/h6-7,9,11H,4-5,8,10H2,1-3H3,(H,17,18)(H,19,20). The second-order valence-corrected chi connectivity index (χ2v) is 7.02. The van der Waals surface area contributed by atoms with Crippen molar-refractivity contribution >= 4 is 5.91 Å². The van der Waals surface area contributed by atoms with Gasteiger partial charge in [-0.3, -0.25) is 15.0 Å². The van der Waals surface area contributed by atoms with Gasteiger partial charge in [-0.25, -0.2) is 0 Å². The van der Waals surface area contributed by atoms with E-state index in [2.05, 4.69) is 41.2 Å². The summed E-state index contributed by atoms with van der Waals surface area (Å²) in [4.78, 5) is 14.6. The number of rotatable bonds is 2. The summed E-state index contributed by atoms with van der Waals surface area (Å²) in [6, 6.07) is 3.87. The van der Waals surface area contributed by atoms with Crippen LogP contribution in [0.3, 0.4) is 0 Å². The predicted octanol–water partition coefficient (Wildman–Crippen LogP) is 2.45. The maximum Gasteiger partial charge on any atom is 0.274 e. The molecule has 0 spiro atoms. The molecule has 6 heteroatoms. The van der Waals surface area contributed by atoms with Crippen LogP contribution in [0.25, 0.3) is 0 Å². The molecule has 2 N–H and O–H groups in total. The summed E-state index contributed by atoms with van der Waals surface area (Å²) in [5.41, 5.74) is 2.56. The molecular weight excluding hydrogens is 278 g/mol. The van der Waals surface area contributed by atoms with Crippen molar-refractivity contribution in [3.63, 3.8) is 0 Å². The van der Waals surface area contributed by atoms with Gasteiger partial charge >= 0.3 is 0 Å². The van der Waals surface area contributed by atoms with Crippen LogP contribution >= 0.6 is 0 Å². The number of carbonyl (C=O) groups is 1. The summed E-state index contributed by atoms with van der Waals surface area (Å²) < 4.78 is 0. The Morgan fingerprint density at radius 2 is 2.18 bits per heavy atom. The highest BCUT2D eigenvalue weighted by atomic mass is 16.2. The van der Waals surface area contributed by atoms with Gasteiger partial charge in [-0.05, 0) is 25.0 Å². The molecule has 0 bridgehead atoms. The highest BCUT2D eigenvalue weighted by molar-refractivity contribution is 5.92. The molecule has 3 rings (SSSR count). The van der Waals surface area contributed by atoms with Crippen LogP contribution in [-0.4, -0.2) is 44.3 Å². The zero-order valence-electron chi connectivity index (χ0n) is 13.4. The summed E-state index contributed by atoms with van der Waals surface area (Å²) >= 11 is 0. The maximum absolute atomic E-state index is 12.7. The number of hydrogen-bond acceptors (Lipinski definition) is 3. The van der Waals surface area contributed by atoms with Crippen molar-refractivity contribution in [1.29, 1.82) is 0 Å². The lowest BCUT2D eigenvalue weighted by molar-refractivity contribution is 0.0700. The van der Waals surface area contributed by atoms with Gasteiger partial charge in [0.1, 0.15) is 5.69 Å². The number of carbonyl (C=O) groups excluding carboxylic acids is 1. The number of amides is 1. The van der Waals surface area contributed by atoms with E-state index in [9.17, 15) is 4.79 Å². The Hall–Kier alpha value is -2.11. The number of likely N-dealkylation sites (tertiary alicyclic amines) is 1. The SMILES string of the molecule is CC(C)(C)c1cc(C(=O)N2CCCC(c3ccn[nH]3)C2)n[nH]1. The zero-order valence-corrected chi connectivity index (χ0v) is 13.4. The van der Waals surface area contributed by atoms with Crippen LogP contribution in [0.4, 0.5) is 0 Å². The lowest BCUT2D eigenvalue weighted by Crippen LogP contribution is -2.39. The van der Waals surface area contributed by atoms with Crippen molar-refractivity contribution in [3.8, 4) is 0 Å². The van der Waals surface area contributed by atoms with Crippen molar-refractivity contribution < 1.29 is 4.79 Å². The minimum atomic E-state index is -0.0358. The lowest BCUT2D eigenvalue weighted by Gasteiger charge is -2.31. The van der Waals surface area contributed by atoms with Gasteiger partial charge in [-0.15, -0.1) is 0 Å². The van der Waals surface area contributed by atoms with E-state index in [1.807, 2.05) is 17.0 Å². The van der Waals surface area contributed by atoms with Crippen LogP contribution in [0.2, 0.25) is 0 Å². The molecule has 0 saturated carbocycles. The smallest absolute Gasteiger partial charge is 0.274 e. The van der Waals surface area contributed by atoms with Crippen LogP contribution in [0.15, 0.2) is 18.3 Å². The first kappa shape index (κ1) is 14.8. The topological polar surface area (TPSA) is 77.7 Å². The highest BCUT2D eigenvalue weighted by Crippen LogP contribution is 2.27. The Morgan fingerprint density at radius 3 is 2.82 bits per heavy atom. The van der Waals surface area contributed by atoms with E-state index in [4.69, 9.17) is 0 Å². The Kier molecular flexibility index (Phi) is 3.76. The molecule has 1 atom stereocenters. The van der Waals surface area contributed by atoms with E-state index >= 15 is 0 Å². The minimum absolute atomic E-state index is 0.0102. The third-order valence-corrected chi connectivity index (χ3v) is 4.28. The number of nitrogens with one attached hydrogen (secondary N) is 2. The molecule has 1 fully saturated rings. The molecular formula is C16H23N5O. The second kappa shape index (κ2) is 5.59. The molecule has 1 saturated heterocycles. The average Bonchev–Trinajstić information content (AvgIpc) is 3.17. The molecule has 1 amide bonds. The fourth-order valence-electron chi connectivity index (χ4n) is 2.89. The highest BCUT2D eigenvalue weighted by Gasteiger charge is 2.28. The van der Waals surface area contributed by atoms with Gasteiger partial charge < -0.3 is 4.90 Å². The van der Waals surface area contributed by atoms with Crippen LogP contribution in [0.1, 0.15) is 61.4 Å². The van der Waals surface area contributed by atoms with Crippen LogP contribution in [0, 0.1) is 0 Å².